The molecule has 2 N–H and O–H groups in total. The minimum atomic E-state index is -3.73. The van der Waals surface area contributed by atoms with Gasteiger partial charge < -0.3 is 5.11 Å². The molecule has 0 aliphatic carbocycles. The molecule has 0 aromatic heterocycles. The van der Waals surface area contributed by atoms with Crippen molar-refractivity contribution in [3.63, 3.8) is 0 Å². The smallest absolute Gasteiger partial charge is 0.318 e. The lowest BCUT2D eigenvalue weighted by atomic mass is 10.0. The Morgan fingerprint density at radius 2 is 1.82 bits per heavy atom. The Kier molecular flexibility index (Phi) is 4.25. The zero-order chi connectivity index (χ0) is 13.1. The molecule has 0 aliphatic heterocycles. The fraction of sp³-hybridized carbons (Fsp3) is 0.364. The topological polar surface area (TPSA) is 83.5 Å². The third kappa shape index (κ3) is 3.83. The summed E-state index contributed by atoms with van der Waals surface area (Å²) in [6, 6.07) is 6.39. The van der Waals surface area contributed by atoms with Crippen LogP contribution >= 0.6 is 0 Å². The fourth-order valence-corrected chi connectivity index (χ4v) is 2.25. The summed E-state index contributed by atoms with van der Waals surface area (Å²) in [4.78, 5) is 10.4. The van der Waals surface area contributed by atoms with Gasteiger partial charge in [-0.15, -0.1) is 0 Å². The van der Waals surface area contributed by atoms with Crippen LogP contribution in [-0.2, 0) is 14.8 Å². The number of hydrogen-bond acceptors (Lipinski definition) is 3. The average molecular weight is 257 g/mol. The molecule has 0 saturated carbocycles. The van der Waals surface area contributed by atoms with E-state index in [2.05, 4.69) is 0 Å². The summed E-state index contributed by atoms with van der Waals surface area (Å²) < 4.78 is 25.3. The molecule has 1 aromatic carbocycles. The zero-order valence-corrected chi connectivity index (χ0v) is 10.5. The fourth-order valence-electron chi connectivity index (χ4n) is 1.27. The minimum Gasteiger partial charge on any atom is -0.480 e. The molecule has 94 valence electrons. The Morgan fingerprint density at radius 1 is 1.29 bits per heavy atom. The molecule has 1 rings (SSSR count). The molecule has 0 radical (unpaired) electrons. The summed E-state index contributed by atoms with van der Waals surface area (Å²) in [5.74, 6) is -0.897. The van der Waals surface area contributed by atoms with Gasteiger partial charge in [-0.3, -0.25) is 4.79 Å². The summed E-state index contributed by atoms with van der Waals surface area (Å²) in [7, 11) is -3.73. The van der Waals surface area contributed by atoms with E-state index in [-0.39, 0.29) is 4.90 Å². The summed E-state index contributed by atoms with van der Waals surface area (Å²) in [5.41, 5.74) is 1.03. The number of sulfonamides is 1. The molecule has 5 nitrogen and oxygen atoms in total. The number of hydrogen-bond donors (Lipinski definition) is 2. The molecule has 0 amide bonds. The van der Waals surface area contributed by atoms with E-state index >= 15 is 0 Å². The number of aliphatic carboxylic acids is 1. The maximum Gasteiger partial charge on any atom is 0.318 e. The number of rotatable bonds is 5. The van der Waals surface area contributed by atoms with Crippen molar-refractivity contribution in [2.45, 2.75) is 24.7 Å². The third-order valence-electron chi connectivity index (χ3n) is 2.27. The van der Waals surface area contributed by atoms with Gasteiger partial charge in [0.25, 0.3) is 0 Å². The van der Waals surface area contributed by atoms with Crippen LogP contribution in [0, 0.1) is 0 Å². The molecule has 0 fully saturated rings. The molecule has 0 bridgehead atoms. The van der Waals surface area contributed by atoms with Crippen LogP contribution in [0.4, 0.5) is 0 Å². The monoisotopic (exact) mass is 257 g/mol. The van der Waals surface area contributed by atoms with E-state index in [9.17, 15) is 13.2 Å². The Bertz CT molecular complexity index is 491. The van der Waals surface area contributed by atoms with Gasteiger partial charge in [0.15, 0.2) is 0 Å². The lowest BCUT2D eigenvalue weighted by Crippen LogP contribution is -2.29. The van der Waals surface area contributed by atoms with E-state index in [0.717, 1.165) is 5.56 Å². The highest BCUT2D eigenvalue weighted by atomic mass is 32.2. The van der Waals surface area contributed by atoms with Crippen LogP contribution in [0.5, 0.6) is 0 Å². The second kappa shape index (κ2) is 5.29. The predicted molar refractivity (Wildman–Crippen MR) is 63.4 cm³/mol. The second-order valence-corrected chi connectivity index (χ2v) is 5.71. The van der Waals surface area contributed by atoms with Crippen molar-refractivity contribution in [1.82, 2.24) is 4.72 Å². The van der Waals surface area contributed by atoms with Crippen molar-refractivity contribution >= 4 is 16.0 Å². The first-order valence-electron chi connectivity index (χ1n) is 5.14. The molecule has 0 spiro atoms. The highest BCUT2D eigenvalue weighted by molar-refractivity contribution is 7.89. The van der Waals surface area contributed by atoms with Crippen molar-refractivity contribution in [2.75, 3.05) is 6.54 Å². The van der Waals surface area contributed by atoms with Crippen molar-refractivity contribution in [3.8, 4) is 0 Å². The highest BCUT2D eigenvalue weighted by Crippen LogP contribution is 2.16. The van der Waals surface area contributed by atoms with Gasteiger partial charge in [-0.2, -0.15) is 4.72 Å². The van der Waals surface area contributed by atoms with Crippen molar-refractivity contribution in [1.29, 1.82) is 0 Å². The summed E-state index contributed by atoms with van der Waals surface area (Å²) >= 11 is 0. The number of nitrogens with one attached hydrogen (secondary N) is 1. The first kappa shape index (κ1) is 13.7. The van der Waals surface area contributed by atoms with E-state index in [1.54, 1.807) is 12.1 Å². The van der Waals surface area contributed by atoms with Gasteiger partial charge in [0, 0.05) is 0 Å². The van der Waals surface area contributed by atoms with E-state index in [1.807, 2.05) is 18.6 Å². The lowest BCUT2D eigenvalue weighted by Gasteiger charge is -2.07. The predicted octanol–water partition coefficient (Wildman–Crippen LogP) is 1.17. The van der Waals surface area contributed by atoms with E-state index < -0.39 is 22.5 Å². The van der Waals surface area contributed by atoms with Crippen LogP contribution in [-0.4, -0.2) is 26.0 Å². The molecule has 1 aromatic rings. The first-order valence-corrected chi connectivity index (χ1v) is 6.62. The molecular formula is C11H15NO4S. The molecular weight excluding hydrogens is 242 g/mol. The number of carboxylic acids is 1. The van der Waals surface area contributed by atoms with E-state index in [4.69, 9.17) is 5.11 Å². The summed E-state index contributed by atoms with van der Waals surface area (Å²) in [5, 5.41) is 8.41. The van der Waals surface area contributed by atoms with Gasteiger partial charge in [0.1, 0.15) is 6.54 Å². The van der Waals surface area contributed by atoms with Gasteiger partial charge >= 0.3 is 5.97 Å². The van der Waals surface area contributed by atoms with Crippen LogP contribution in [0.2, 0.25) is 0 Å². The largest absolute Gasteiger partial charge is 0.480 e. The third-order valence-corrected chi connectivity index (χ3v) is 3.69. The molecule has 0 heterocycles. The van der Waals surface area contributed by atoms with E-state index in [1.165, 1.54) is 12.1 Å². The average Bonchev–Trinajstić information content (AvgIpc) is 2.27. The normalized spacial score (nSPS) is 11.7. The Morgan fingerprint density at radius 3 is 2.24 bits per heavy atom. The quantitative estimate of drug-likeness (QED) is 0.829. The van der Waals surface area contributed by atoms with Crippen LogP contribution in [0.1, 0.15) is 25.3 Å². The number of benzene rings is 1. The van der Waals surface area contributed by atoms with Crippen LogP contribution < -0.4 is 4.72 Å². The first-order chi connectivity index (χ1) is 7.83. The van der Waals surface area contributed by atoms with Gasteiger partial charge in [-0.05, 0) is 23.6 Å². The Balaban J connectivity index is 2.89. The van der Waals surface area contributed by atoms with Gasteiger partial charge in [-0.1, -0.05) is 26.0 Å². The van der Waals surface area contributed by atoms with Gasteiger partial charge in [0.05, 0.1) is 4.90 Å². The molecule has 0 aliphatic rings. The lowest BCUT2D eigenvalue weighted by molar-refractivity contribution is -0.135. The van der Waals surface area contributed by atoms with Gasteiger partial charge in [0.2, 0.25) is 10.0 Å². The maximum atomic E-state index is 11.6. The Labute approximate surface area is 101 Å². The van der Waals surface area contributed by atoms with E-state index in [0.29, 0.717) is 5.92 Å². The molecule has 6 heteroatoms. The summed E-state index contributed by atoms with van der Waals surface area (Å²) in [6.45, 7) is 3.40. The molecule has 0 atom stereocenters. The minimum absolute atomic E-state index is 0.0724. The highest BCUT2D eigenvalue weighted by Gasteiger charge is 2.15. The van der Waals surface area contributed by atoms with Crippen LogP contribution in [0.3, 0.4) is 0 Å². The molecule has 0 unspecified atom stereocenters. The Hall–Kier alpha value is -1.40. The van der Waals surface area contributed by atoms with Gasteiger partial charge in [-0.25, -0.2) is 8.42 Å². The second-order valence-electron chi connectivity index (χ2n) is 3.94. The number of carboxylic acid groups (broad SMARTS) is 1. The zero-order valence-electron chi connectivity index (χ0n) is 9.67. The maximum absolute atomic E-state index is 11.6. The van der Waals surface area contributed by atoms with Crippen LogP contribution in [0.15, 0.2) is 29.2 Å². The standard InChI is InChI=1S/C11H15NO4S/c1-8(2)9-3-5-10(6-4-9)17(15,16)12-7-11(13)14/h3-6,8,12H,7H2,1-2H3,(H,13,14). The SMILES string of the molecule is CC(C)c1ccc(S(=O)(=O)NCC(=O)O)cc1. The molecule has 0 saturated heterocycles. The van der Waals surface area contributed by atoms with Crippen molar-refractivity contribution in [2.24, 2.45) is 0 Å². The van der Waals surface area contributed by atoms with Crippen LogP contribution in [0.25, 0.3) is 0 Å². The number of carbonyl (C=O) groups is 1. The molecule has 17 heavy (non-hydrogen) atoms. The van der Waals surface area contributed by atoms with Crippen molar-refractivity contribution in [3.05, 3.63) is 29.8 Å². The summed E-state index contributed by atoms with van der Waals surface area (Å²) in [6.07, 6.45) is 0. The van der Waals surface area contributed by atoms with Crippen molar-refractivity contribution < 1.29 is 18.3 Å².